The molecule has 82 valence electrons. The first-order chi connectivity index (χ1) is 6.63. The van der Waals surface area contributed by atoms with Crippen LogP contribution in [0.2, 0.25) is 0 Å². The fourth-order valence-corrected chi connectivity index (χ4v) is 2.42. The number of hydrogen-bond donors (Lipinski definition) is 2. The minimum absolute atomic E-state index is 0.299. The minimum atomic E-state index is 0.299. The van der Waals surface area contributed by atoms with E-state index in [1.807, 2.05) is 0 Å². The summed E-state index contributed by atoms with van der Waals surface area (Å²) in [7, 11) is 0. The molecule has 14 heavy (non-hydrogen) atoms. The Labute approximate surface area is 86.5 Å². The maximum atomic E-state index is 8.93. The zero-order valence-electron chi connectivity index (χ0n) is 9.29. The second-order valence-corrected chi connectivity index (χ2v) is 5.29. The van der Waals surface area contributed by atoms with Gasteiger partial charge in [0.25, 0.3) is 0 Å². The summed E-state index contributed by atoms with van der Waals surface area (Å²) < 4.78 is 0. The molecule has 1 aliphatic heterocycles. The molecule has 0 radical (unpaired) electrons. The van der Waals surface area contributed by atoms with Crippen molar-refractivity contribution >= 4 is 0 Å². The number of nitrogens with zero attached hydrogens (tertiary/aromatic N) is 1. The molecule has 1 heterocycles. The topological polar surface area (TPSA) is 35.5 Å². The molecule has 2 fully saturated rings. The Kier molecular flexibility index (Phi) is 2.82. The van der Waals surface area contributed by atoms with Crippen molar-refractivity contribution in [3.63, 3.8) is 0 Å². The number of hydrogen-bond acceptors (Lipinski definition) is 3. The highest BCUT2D eigenvalue weighted by Gasteiger charge is 2.41. The van der Waals surface area contributed by atoms with E-state index in [2.05, 4.69) is 24.1 Å². The third-order valence-corrected chi connectivity index (χ3v) is 3.48. The van der Waals surface area contributed by atoms with Gasteiger partial charge < -0.3 is 10.4 Å². The molecule has 0 bridgehead atoms. The molecular formula is C11H22N2O. The summed E-state index contributed by atoms with van der Waals surface area (Å²) in [6, 6.07) is 1.32. The third-order valence-electron chi connectivity index (χ3n) is 3.48. The van der Waals surface area contributed by atoms with Gasteiger partial charge in [0.05, 0.1) is 0 Å². The van der Waals surface area contributed by atoms with E-state index in [4.69, 9.17) is 5.11 Å². The van der Waals surface area contributed by atoms with E-state index < -0.39 is 0 Å². The van der Waals surface area contributed by atoms with Crippen molar-refractivity contribution in [2.24, 2.45) is 0 Å². The Morgan fingerprint density at radius 2 is 2.14 bits per heavy atom. The molecule has 0 spiro atoms. The largest absolute Gasteiger partial charge is 0.396 e. The maximum absolute atomic E-state index is 8.93. The highest BCUT2D eigenvalue weighted by molar-refractivity contribution is 4.99. The van der Waals surface area contributed by atoms with Crippen molar-refractivity contribution in [1.29, 1.82) is 0 Å². The second-order valence-electron chi connectivity index (χ2n) is 5.29. The zero-order valence-corrected chi connectivity index (χ0v) is 9.29. The number of aliphatic hydroxyl groups excluding tert-OH is 1. The van der Waals surface area contributed by atoms with E-state index in [-0.39, 0.29) is 0 Å². The van der Waals surface area contributed by atoms with Gasteiger partial charge in [-0.25, -0.2) is 0 Å². The molecule has 1 atom stereocenters. The van der Waals surface area contributed by atoms with E-state index in [9.17, 15) is 0 Å². The first kappa shape index (κ1) is 10.4. The van der Waals surface area contributed by atoms with Gasteiger partial charge in [0.1, 0.15) is 0 Å². The summed E-state index contributed by atoms with van der Waals surface area (Å²) in [5.41, 5.74) is 0.299. The Balaban J connectivity index is 1.95. The molecule has 0 aromatic rings. The molecule has 1 saturated heterocycles. The fourth-order valence-electron chi connectivity index (χ4n) is 2.42. The monoisotopic (exact) mass is 198 g/mol. The quantitative estimate of drug-likeness (QED) is 0.696. The van der Waals surface area contributed by atoms with Crippen LogP contribution < -0.4 is 5.32 Å². The van der Waals surface area contributed by atoms with Crippen LogP contribution in [0.15, 0.2) is 0 Å². The van der Waals surface area contributed by atoms with Crippen LogP contribution in [0.4, 0.5) is 0 Å². The van der Waals surface area contributed by atoms with Crippen molar-refractivity contribution in [3.8, 4) is 0 Å². The molecule has 1 saturated carbocycles. The Morgan fingerprint density at radius 3 is 2.71 bits per heavy atom. The summed E-state index contributed by atoms with van der Waals surface area (Å²) in [6.45, 7) is 7.09. The van der Waals surface area contributed by atoms with Crippen molar-refractivity contribution < 1.29 is 5.11 Å². The molecule has 0 amide bonds. The lowest BCUT2D eigenvalue weighted by molar-refractivity contribution is 0.0516. The van der Waals surface area contributed by atoms with Crippen molar-refractivity contribution in [2.75, 3.05) is 19.7 Å². The van der Waals surface area contributed by atoms with Crippen LogP contribution in [-0.2, 0) is 0 Å². The molecule has 2 rings (SSSR count). The van der Waals surface area contributed by atoms with Gasteiger partial charge in [0.2, 0.25) is 0 Å². The Hall–Kier alpha value is -0.120. The van der Waals surface area contributed by atoms with E-state index in [0.29, 0.717) is 18.2 Å². The van der Waals surface area contributed by atoms with Gasteiger partial charge in [0, 0.05) is 37.3 Å². The molecule has 0 aromatic carbocycles. The Bertz CT molecular complexity index is 201. The minimum Gasteiger partial charge on any atom is -0.396 e. The molecule has 1 aliphatic carbocycles. The maximum Gasteiger partial charge on any atom is 0.0446 e. The molecule has 0 aromatic heterocycles. The number of aliphatic hydroxyl groups is 1. The fraction of sp³-hybridized carbons (Fsp3) is 1.00. The van der Waals surface area contributed by atoms with Crippen LogP contribution in [0, 0.1) is 0 Å². The van der Waals surface area contributed by atoms with E-state index >= 15 is 0 Å². The van der Waals surface area contributed by atoms with Crippen LogP contribution in [-0.4, -0.2) is 47.3 Å². The van der Waals surface area contributed by atoms with Crippen LogP contribution in [0.25, 0.3) is 0 Å². The summed E-state index contributed by atoms with van der Waals surface area (Å²) >= 11 is 0. The Morgan fingerprint density at radius 1 is 1.43 bits per heavy atom. The normalized spacial score (nSPS) is 33.2. The van der Waals surface area contributed by atoms with E-state index in [1.165, 1.54) is 12.8 Å². The highest BCUT2D eigenvalue weighted by atomic mass is 16.3. The predicted molar refractivity (Wildman–Crippen MR) is 57.3 cm³/mol. The second kappa shape index (κ2) is 3.80. The summed E-state index contributed by atoms with van der Waals surface area (Å²) in [4.78, 5) is 2.63. The lowest BCUT2D eigenvalue weighted by atomic mass is 9.96. The summed E-state index contributed by atoms with van der Waals surface area (Å²) in [5.74, 6) is 0. The molecule has 3 nitrogen and oxygen atoms in total. The van der Waals surface area contributed by atoms with Crippen LogP contribution in [0.5, 0.6) is 0 Å². The third kappa shape index (κ3) is 2.10. The SMILES string of the molecule is CC1(C)CNC(CCO)CN1C1CC1. The van der Waals surface area contributed by atoms with Gasteiger partial charge in [-0.2, -0.15) is 0 Å². The molecule has 3 heteroatoms. The van der Waals surface area contributed by atoms with Gasteiger partial charge in [-0.15, -0.1) is 0 Å². The lowest BCUT2D eigenvalue weighted by Gasteiger charge is -2.46. The lowest BCUT2D eigenvalue weighted by Crippen LogP contribution is -2.62. The zero-order chi connectivity index (χ0) is 10.2. The standard InChI is InChI=1S/C11H22N2O/c1-11(2)8-12-9(5-6-14)7-13(11)10-3-4-10/h9-10,12,14H,3-8H2,1-2H3. The van der Waals surface area contributed by atoms with E-state index in [1.54, 1.807) is 0 Å². The average Bonchev–Trinajstić information content (AvgIpc) is 2.91. The first-order valence-corrected chi connectivity index (χ1v) is 5.74. The van der Waals surface area contributed by atoms with Crippen molar-refractivity contribution in [1.82, 2.24) is 10.2 Å². The van der Waals surface area contributed by atoms with Gasteiger partial charge >= 0.3 is 0 Å². The van der Waals surface area contributed by atoms with Gasteiger partial charge in [0.15, 0.2) is 0 Å². The highest BCUT2D eigenvalue weighted by Crippen LogP contribution is 2.34. The number of nitrogens with one attached hydrogen (secondary N) is 1. The molecule has 1 unspecified atom stereocenters. The van der Waals surface area contributed by atoms with Crippen molar-refractivity contribution in [3.05, 3.63) is 0 Å². The predicted octanol–water partition coefficient (Wildman–Crippen LogP) is 0.584. The number of piperazine rings is 1. The smallest absolute Gasteiger partial charge is 0.0446 e. The van der Waals surface area contributed by atoms with E-state index in [0.717, 1.165) is 25.6 Å². The van der Waals surface area contributed by atoms with Gasteiger partial charge in [-0.05, 0) is 33.1 Å². The van der Waals surface area contributed by atoms with Gasteiger partial charge in [-0.3, -0.25) is 4.90 Å². The summed E-state index contributed by atoms with van der Waals surface area (Å²) in [5, 5.41) is 12.5. The molecule has 2 N–H and O–H groups in total. The number of rotatable bonds is 3. The van der Waals surface area contributed by atoms with Crippen LogP contribution >= 0.6 is 0 Å². The van der Waals surface area contributed by atoms with Crippen LogP contribution in [0.1, 0.15) is 33.1 Å². The molecular weight excluding hydrogens is 176 g/mol. The van der Waals surface area contributed by atoms with Crippen LogP contribution in [0.3, 0.4) is 0 Å². The van der Waals surface area contributed by atoms with Gasteiger partial charge in [-0.1, -0.05) is 0 Å². The average molecular weight is 198 g/mol. The summed E-state index contributed by atoms with van der Waals surface area (Å²) in [6.07, 6.45) is 3.63. The molecule has 2 aliphatic rings. The van der Waals surface area contributed by atoms with Crippen molar-refractivity contribution in [2.45, 2.75) is 50.7 Å². The first-order valence-electron chi connectivity index (χ1n) is 5.74.